The average molecular weight is 526 g/mol. The molecule has 9 heteroatoms. The molecule has 2 aromatic carbocycles. The molecule has 6 rings (SSSR count). The highest BCUT2D eigenvalue weighted by molar-refractivity contribution is 5.97. The van der Waals surface area contributed by atoms with Crippen LogP contribution in [0.15, 0.2) is 59.1 Å². The van der Waals surface area contributed by atoms with Gasteiger partial charge in [-0.25, -0.2) is 0 Å². The largest absolute Gasteiger partial charge is 0.496 e. The fourth-order valence-corrected chi connectivity index (χ4v) is 4.99. The summed E-state index contributed by atoms with van der Waals surface area (Å²) in [6.07, 6.45) is 2.87. The van der Waals surface area contributed by atoms with Gasteiger partial charge in [0.05, 0.1) is 37.6 Å². The molecule has 0 unspecified atom stereocenters. The van der Waals surface area contributed by atoms with E-state index in [1.54, 1.807) is 42.5 Å². The Morgan fingerprint density at radius 3 is 2.64 bits per heavy atom. The van der Waals surface area contributed by atoms with Gasteiger partial charge >= 0.3 is 0 Å². The normalized spacial score (nSPS) is 16.1. The number of carbonyl (C=O) groups excluding carboxylic acids is 1. The molecule has 0 spiro atoms. The second-order valence-electron chi connectivity index (χ2n) is 9.71. The van der Waals surface area contributed by atoms with Gasteiger partial charge in [0, 0.05) is 49.3 Å². The lowest BCUT2D eigenvalue weighted by atomic mass is 10.0. The number of nitrogens with zero attached hydrogens (tertiary/aromatic N) is 3. The number of aliphatic hydroxyl groups is 1. The molecule has 1 amide bonds. The fourth-order valence-electron chi connectivity index (χ4n) is 4.99. The Bertz CT molecular complexity index is 1580. The molecule has 0 radical (unpaired) electrons. The number of ether oxygens (including phenoxy) is 3. The second-order valence-corrected chi connectivity index (χ2v) is 9.71. The number of hydrogen-bond acceptors (Lipinski definition) is 8. The molecule has 4 heterocycles. The Hall–Kier alpha value is -4.39. The minimum Gasteiger partial charge on any atom is -0.496 e. The first-order valence-corrected chi connectivity index (χ1v) is 12.9. The van der Waals surface area contributed by atoms with E-state index in [0.29, 0.717) is 71.4 Å². The zero-order chi connectivity index (χ0) is 26.9. The van der Waals surface area contributed by atoms with Gasteiger partial charge < -0.3 is 28.6 Å². The highest BCUT2D eigenvalue weighted by Gasteiger charge is 2.30. The Kier molecular flexibility index (Phi) is 6.65. The van der Waals surface area contributed by atoms with Crippen molar-refractivity contribution in [2.45, 2.75) is 25.0 Å². The first-order valence-electron chi connectivity index (χ1n) is 12.9. The van der Waals surface area contributed by atoms with Crippen LogP contribution in [-0.2, 0) is 4.74 Å². The molecule has 2 aliphatic heterocycles. The lowest BCUT2D eigenvalue weighted by molar-refractivity contribution is 0.00588. The quantitative estimate of drug-likeness (QED) is 0.393. The molecule has 198 valence electrons. The van der Waals surface area contributed by atoms with Crippen LogP contribution in [0.1, 0.15) is 28.8 Å². The van der Waals surface area contributed by atoms with Crippen LogP contribution in [0.25, 0.3) is 33.6 Å². The fraction of sp³-hybridized carbons (Fsp3) is 0.300. The van der Waals surface area contributed by atoms with E-state index >= 15 is 0 Å². The topological polar surface area (TPSA) is 118 Å². The third kappa shape index (κ3) is 4.80. The van der Waals surface area contributed by atoms with Crippen LogP contribution >= 0.6 is 0 Å². The van der Waals surface area contributed by atoms with Crippen LogP contribution in [0.3, 0.4) is 0 Å². The molecule has 2 aromatic heterocycles. The molecule has 0 aliphatic carbocycles. The minimum atomic E-state index is -0.465. The summed E-state index contributed by atoms with van der Waals surface area (Å²) in [5.74, 6) is 1.44. The number of likely N-dealkylation sites (tertiary alicyclic amines) is 1. The molecule has 9 nitrogen and oxygen atoms in total. The maximum absolute atomic E-state index is 12.7. The number of β-amino-alcohol motifs (C(OH)–C–C–N with tert-alkyl or cyclic N) is 1. The van der Waals surface area contributed by atoms with Crippen molar-refractivity contribution >= 4 is 17.0 Å². The predicted octanol–water partition coefficient (Wildman–Crippen LogP) is 4.42. The van der Waals surface area contributed by atoms with Gasteiger partial charge in [0.25, 0.3) is 5.91 Å². The van der Waals surface area contributed by atoms with E-state index in [0.717, 1.165) is 24.0 Å². The first kappa shape index (κ1) is 24.9. The van der Waals surface area contributed by atoms with E-state index in [1.807, 2.05) is 24.3 Å². The van der Waals surface area contributed by atoms with Gasteiger partial charge in [-0.3, -0.25) is 9.78 Å². The molecule has 2 fully saturated rings. The third-order valence-electron chi connectivity index (χ3n) is 7.15. The van der Waals surface area contributed by atoms with Crippen molar-refractivity contribution in [3.63, 3.8) is 0 Å². The van der Waals surface area contributed by atoms with Crippen molar-refractivity contribution in [3.05, 3.63) is 65.9 Å². The van der Waals surface area contributed by atoms with Gasteiger partial charge in [-0.05, 0) is 42.0 Å². The van der Waals surface area contributed by atoms with Crippen LogP contribution in [-0.4, -0.2) is 66.5 Å². The van der Waals surface area contributed by atoms with E-state index in [1.165, 1.54) is 0 Å². The molecule has 0 saturated carbocycles. The maximum Gasteiger partial charge on any atom is 0.254 e. The van der Waals surface area contributed by atoms with Crippen LogP contribution < -0.4 is 9.47 Å². The highest BCUT2D eigenvalue weighted by atomic mass is 16.5. The summed E-state index contributed by atoms with van der Waals surface area (Å²) in [6, 6.07) is 16.7. The van der Waals surface area contributed by atoms with Gasteiger partial charge in [-0.15, -0.1) is 0 Å². The number of carbonyl (C=O) groups is 1. The standard InChI is InChI=1S/C30H27N3O6/c1-36-27-13-19(30(35)33-16-21(34)17-33)2-4-24(27)28-14-25-29(39-28)23(6-9-32-25)18-3-5-26(20(12-18)15-31)38-22-7-10-37-11-8-22/h2-6,9,12-14,21-22,34H,7-8,10-11,16-17H2,1H3. The molecule has 2 aliphatic rings. The van der Waals surface area contributed by atoms with E-state index in [-0.39, 0.29) is 12.0 Å². The second kappa shape index (κ2) is 10.4. The minimum absolute atomic E-state index is 0.0335. The van der Waals surface area contributed by atoms with Crippen LogP contribution in [0, 0.1) is 11.3 Å². The van der Waals surface area contributed by atoms with E-state index < -0.39 is 6.10 Å². The van der Waals surface area contributed by atoms with Crippen molar-refractivity contribution in [2.75, 3.05) is 33.4 Å². The molecule has 39 heavy (non-hydrogen) atoms. The number of pyridine rings is 1. The van der Waals surface area contributed by atoms with Gasteiger partial charge in [0.15, 0.2) is 5.58 Å². The highest BCUT2D eigenvalue weighted by Crippen LogP contribution is 2.38. The molecule has 4 aromatic rings. The monoisotopic (exact) mass is 525 g/mol. The van der Waals surface area contributed by atoms with Crippen molar-refractivity contribution in [1.29, 1.82) is 5.26 Å². The number of aliphatic hydroxyl groups excluding tert-OH is 1. The van der Waals surface area contributed by atoms with Gasteiger partial charge in [-0.2, -0.15) is 5.26 Å². The number of fused-ring (bicyclic) bond motifs is 1. The number of aromatic nitrogens is 1. The zero-order valence-corrected chi connectivity index (χ0v) is 21.4. The van der Waals surface area contributed by atoms with Gasteiger partial charge in [0.1, 0.15) is 34.9 Å². The molecular weight excluding hydrogens is 498 g/mol. The summed E-state index contributed by atoms with van der Waals surface area (Å²) >= 11 is 0. The molecule has 0 atom stereocenters. The van der Waals surface area contributed by atoms with Crippen LogP contribution in [0.4, 0.5) is 0 Å². The number of nitriles is 1. The van der Waals surface area contributed by atoms with E-state index in [2.05, 4.69) is 11.1 Å². The lowest BCUT2D eigenvalue weighted by Crippen LogP contribution is -2.53. The van der Waals surface area contributed by atoms with Crippen LogP contribution in [0.2, 0.25) is 0 Å². The maximum atomic E-state index is 12.7. The Balaban J connectivity index is 1.32. The van der Waals surface area contributed by atoms with Crippen molar-refractivity contribution in [2.24, 2.45) is 0 Å². The van der Waals surface area contributed by atoms with Crippen molar-refractivity contribution in [3.8, 4) is 40.0 Å². The number of furan rings is 1. The smallest absolute Gasteiger partial charge is 0.254 e. The Labute approximate surface area is 225 Å². The number of rotatable bonds is 6. The summed E-state index contributed by atoms with van der Waals surface area (Å²) in [5, 5.41) is 19.4. The van der Waals surface area contributed by atoms with Gasteiger partial charge in [0.2, 0.25) is 0 Å². The summed E-state index contributed by atoms with van der Waals surface area (Å²) in [5.41, 5.74) is 4.44. The number of hydrogen-bond donors (Lipinski definition) is 1. The molecular formula is C30H27N3O6. The van der Waals surface area contributed by atoms with E-state index in [4.69, 9.17) is 18.6 Å². The van der Waals surface area contributed by atoms with Crippen molar-refractivity contribution < 1.29 is 28.5 Å². The molecule has 1 N–H and O–H groups in total. The summed E-state index contributed by atoms with van der Waals surface area (Å²) in [4.78, 5) is 18.8. The van der Waals surface area contributed by atoms with Gasteiger partial charge in [-0.1, -0.05) is 6.07 Å². The lowest BCUT2D eigenvalue weighted by Gasteiger charge is -2.35. The number of methoxy groups -OCH3 is 1. The number of benzene rings is 2. The summed E-state index contributed by atoms with van der Waals surface area (Å²) < 4.78 is 23.4. The number of amides is 1. The third-order valence-corrected chi connectivity index (χ3v) is 7.15. The summed E-state index contributed by atoms with van der Waals surface area (Å²) in [7, 11) is 1.54. The predicted molar refractivity (Wildman–Crippen MR) is 143 cm³/mol. The summed E-state index contributed by atoms with van der Waals surface area (Å²) in [6.45, 7) is 1.98. The Morgan fingerprint density at radius 1 is 1.08 bits per heavy atom. The molecule has 0 bridgehead atoms. The SMILES string of the molecule is COc1cc(C(=O)N2CC(O)C2)ccc1-c1cc2nccc(-c3ccc(OC4CCOCC4)c(C#N)c3)c2o1. The molecule has 2 saturated heterocycles. The average Bonchev–Trinajstić information content (AvgIpc) is 3.40. The van der Waals surface area contributed by atoms with Crippen LogP contribution in [0.5, 0.6) is 11.5 Å². The van der Waals surface area contributed by atoms with E-state index in [9.17, 15) is 15.2 Å². The van der Waals surface area contributed by atoms with Crippen molar-refractivity contribution in [1.82, 2.24) is 9.88 Å². The Morgan fingerprint density at radius 2 is 1.90 bits per heavy atom. The first-order chi connectivity index (χ1) is 19.0. The zero-order valence-electron chi connectivity index (χ0n) is 21.4.